The van der Waals surface area contributed by atoms with E-state index in [0.717, 1.165) is 0 Å². The zero-order chi connectivity index (χ0) is 11.8. The van der Waals surface area contributed by atoms with Gasteiger partial charge in [-0.1, -0.05) is 11.6 Å². The Morgan fingerprint density at radius 2 is 1.81 bits per heavy atom. The number of benzene rings is 1. The lowest BCUT2D eigenvalue weighted by Crippen LogP contribution is -2.28. The number of sulfonamides is 1. The maximum atomic E-state index is 12.0. The Labute approximate surface area is 98.9 Å². The molecule has 6 heteroatoms. The van der Waals surface area contributed by atoms with E-state index >= 15 is 0 Å². The van der Waals surface area contributed by atoms with Crippen molar-refractivity contribution in [2.24, 2.45) is 0 Å². The van der Waals surface area contributed by atoms with Gasteiger partial charge in [0, 0.05) is 18.0 Å². The lowest BCUT2D eigenvalue weighted by molar-refractivity contribution is -0.116. The SMILES string of the molecule is O=C1CCN(S(=O)(=O)c2ccc(Cl)cc2)C1. The van der Waals surface area contributed by atoms with Gasteiger partial charge in [-0.3, -0.25) is 4.79 Å². The third-order valence-electron chi connectivity index (χ3n) is 2.44. The number of halogens is 1. The summed E-state index contributed by atoms with van der Waals surface area (Å²) < 4.78 is 25.2. The fraction of sp³-hybridized carbons (Fsp3) is 0.300. The first-order chi connectivity index (χ1) is 7.50. The molecule has 0 aromatic heterocycles. The predicted octanol–water partition coefficient (Wildman–Crippen LogP) is 1.30. The zero-order valence-corrected chi connectivity index (χ0v) is 9.96. The number of nitrogens with zero attached hydrogens (tertiary/aromatic N) is 1. The molecule has 2 rings (SSSR count). The van der Waals surface area contributed by atoms with Crippen LogP contribution in [0.5, 0.6) is 0 Å². The van der Waals surface area contributed by atoms with Crippen molar-refractivity contribution >= 4 is 27.4 Å². The average molecular weight is 260 g/mol. The van der Waals surface area contributed by atoms with Gasteiger partial charge in [0.1, 0.15) is 5.78 Å². The van der Waals surface area contributed by atoms with E-state index in [9.17, 15) is 13.2 Å². The Bertz CT molecular complexity index is 509. The molecule has 1 aliphatic heterocycles. The van der Waals surface area contributed by atoms with Crippen molar-refractivity contribution in [1.29, 1.82) is 0 Å². The van der Waals surface area contributed by atoms with Crippen LogP contribution < -0.4 is 0 Å². The van der Waals surface area contributed by atoms with Gasteiger partial charge in [0.2, 0.25) is 10.0 Å². The van der Waals surface area contributed by atoms with Crippen LogP contribution >= 0.6 is 11.6 Å². The summed E-state index contributed by atoms with van der Waals surface area (Å²) in [6.07, 6.45) is 0.298. The van der Waals surface area contributed by atoms with Crippen molar-refractivity contribution in [2.75, 3.05) is 13.1 Å². The fourth-order valence-electron chi connectivity index (χ4n) is 1.57. The lowest BCUT2D eigenvalue weighted by atomic mass is 10.4. The molecule has 0 radical (unpaired) electrons. The topological polar surface area (TPSA) is 54.5 Å². The van der Waals surface area contributed by atoms with Crippen LogP contribution in [0.4, 0.5) is 0 Å². The molecule has 1 fully saturated rings. The first kappa shape index (κ1) is 11.6. The molecule has 0 atom stereocenters. The Kier molecular flexibility index (Phi) is 3.01. The van der Waals surface area contributed by atoms with Crippen LogP contribution in [0.2, 0.25) is 5.02 Å². The highest BCUT2D eigenvalue weighted by Crippen LogP contribution is 2.20. The molecule has 4 nitrogen and oxygen atoms in total. The minimum Gasteiger partial charge on any atom is -0.298 e. The van der Waals surface area contributed by atoms with Crippen molar-refractivity contribution in [2.45, 2.75) is 11.3 Å². The second-order valence-electron chi connectivity index (χ2n) is 3.58. The number of carbonyl (C=O) groups excluding carboxylic acids is 1. The van der Waals surface area contributed by atoms with Crippen LogP contribution in [-0.2, 0) is 14.8 Å². The van der Waals surface area contributed by atoms with E-state index in [0.29, 0.717) is 11.4 Å². The molecule has 0 aliphatic carbocycles. The number of hydrogen-bond acceptors (Lipinski definition) is 3. The molecule has 0 N–H and O–H groups in total. The third-order valence-corrected chi connectivity index (χ3v) is 4.56. The van der Waals surface area contributed by atoms with Crippen LogP contribution in [0.25, 0.3) is 0 Å². The summed E-state index contributed by atoms with van der Waals surface area (Å²) in [5.74, 6) is -0.0439. The Morgan fingerprint density at radius 1 is 1.19 bits per heavy atom. The van der Waals surface area contributed by atoms with Gasteiger partial charge in [-0.05, 0) is 24.3 Å². The Morgan fingerprint density at radius 3 is 2.31 bits per heavy atom. The number of rotatable bonds is 2. The van der Waals surface area contributed by atoms with E-state index in [-0.39, 0.29) is 23.8 Å². The van der Waals surface area contributed by atoms with Crippen LogP contribution in [0.15, 0.2) is 29.2 Å². The third kappa shape index (κ3) is 2.11. The van der Waals surface area contributed by atoms with E-state index in [2.05, 4.69) is 0 Å². The number of Topliss-reactive ketones (excluding diaryl/α,β-unsaturated/α-hetero) is 1. The molecule has 86 valence electrons. The smallest absolute Gasteiger partial charge is 0.243 e. The molecule has 1 aliphatic rings. The van der Waals surface area contributed by atoms with Crippen molar-refractivity contribution in [1.82, 2.24) is 4.31 Å². The number of ketones is 1. The molecule has 0 amide bonds. The van der Waals surface area contributed by atoms with Gasteiger partial charge < -0.3 is 0 Å². The molecule has 1 aromatic carbocycles. The molecule has 16 heavy (non-hydrogen) atoms. The number of carbonyl (C=O) groups is 1. The summed E-state index contributed by atoms with van der Waals surface area (Å²) in [6, 6.07) is 5.93. The maximum absolute atomic E-state index is 12.0. The summed E-state index contributed by atoms with van der Waals surface area (Å²) in [4.78, 5) is 11.2. The Hall–Kier alpha value is -0.910. The molecular weight excluding hydrogens is 250 g/mol. The predicted molar refractivity (Wildman–Crippen MR) is 59.8 cm³/mol. The van der Waals surface area contributed by atoms with Gasteiger partial charge in [-0.25, -0.2) is 8.42 Å². The monoisotopic (exact) mass is 259 g/mol. The molecule has 0 saturated carbocycles. The van der Waals surface area contributed by atoms with Crippen molar-refractivity contribution in [3.05, 3.63) is 29.3 Å². The number of hydrogen-bond donors (Lipinski definition) is 0. The van der Waals surface area contributed by atoms with Crippen molar-refractivity contribution in [3.8, 4) is 0 Å². The van der Waals surface area contributed by atoms with Gasteiger partial charge in [-0.15, -0.1) is 0 Å². The summed E-state index contributed by atoms with van der Waals surface area (Å²) >= 11 is 5.68. The highest BCUT2D eigenvalue weighted by atomic mass is 35.5. The van der Waals surface area contributed by atoms with Crippen LogP contribution in [0.1, 0.15) is 6.42 Å². The molecule has 0 bridgehead atoms. The first-order valence-electron chi connectivity index (χ1n) is 4.77. The molecular formula is C10H10ClNO3S. The standard InChI is InChI=1S/C10H10ClNO3S/c11-8-1-3-10(4-2-8)16(14,15)12-6-5-9(13)7-12/h1-4H,5-7H2. The summed E-state index contributed by atoms with van der Waals surface area (Å²) in [5, 5.41) is 0.483. The van der Waals surface area contributed by atoms with Crippen LogP contribution in [-0.4, -0.2) is 31.6 Å². The van der Waals surface area contributed by atoms with Crippen LogP contribution in [0.3, 0.4) is 0 Å². The summed E-state index contributed by atoms with van der Waals surface area (Å²) in [7, 11) is -3.53. The molecule has 0 spiro atoms. The van der Waals surface area contributed by atoms with Gasteiger partial charge >= 0.3 is 0 Å². The second-order valence-corrected chi connectivity index (χ2v) is 5.96. The normalized spacial score (nSPS) is 17.9. The Balaban J connectivity index is 2.32. The average Bonchev–Trinajstić information content (AvgIpc) is 2.66. The summed E-state index contributed by atoms with van der Waals surface area (Å²) in [5.41, 5.74) is 0. The van der Waals surface area contributed by atoms with Crippen molar-refractivity contribution in [3.63, 3.8) is 0 Å². The highest BCUT2D eigenvalue weighted by Gasteiger charge is 2.31. The summed E-state index contributed by atoms with van der Waals surface area (Å²) in [6.45, 7) is 0.245. The lowest BCUT2D eigenvalue weighted by Gasteiger charge is -2.14. The van der Waals surface area contributed by atoms with Gasteiger partial charge in [0.25, 0.3) is 0 Å². The minimum absolute atomic E-state index is 0.0229. The zero-order valence-electron chi connectivity index (χ0n) is 8.39. The minimum atomic E-state index is -3.53. The van der Waals surface area contributed by atoms with E-state index in [1.807, 2.05) is 0 Å². The molecule has 1 aromatic rings. The van der Waals surface area contributed by atoms with Crippen LogP contribution in [0, 0.1) is 0 Å². The molecule has 0 unspecified atom stereocenters. The van der Waals surface area contributed by atoms with E-state index in [1.165, 1.54) is 28.6 Å². The second kappa shape index (κ2) is 4.16. The van der Waals surface area contributed by atoms with Gasteiger partial charge in [-0.2, -0.15) is 4.31 Å². The van der Waals surface area contributed by atoms with E-state index < -0.39 is 10.0 Å². The maximum Gasteiger partial charge on any atom is 0.243 e. The molecule has 1 saturated heterocycles. The van der Waals surface area contributed by atoms with E-state index in [4.69, 9.17) is 11.6 Å². The van der Waals surface area contributed by atoms with Crippen molar-refractivity contribution < 1.29 is 13.2 Å². The largest absolute Gasteiger partial charge is 0.298 e. The first-order valence-corrected chi connectivity index (χ1v) is 6.59. The van der Waals surface area contributed by atoms with Gasteiger partial charge in [0.15, 0.2) is 0 Å². The molecule has 1 heterocycles. The van der Waals surface area contributed by atoms with Gasteiger partial charge in [0.05, 0.1) is 11.4 Å². The quantitative estimate of drug-likeness (QED) is 0.805. The highest BCUT2D eigenvalue weighted by molar-refractivity contribution is 7.89. The van der Waals surface area contributed by atoms with E-state index in [1.54, 1.807) is 0 Å². The fourth-order valence-corrected chi connectivity index (χ4v) is 3.11.